The summed E-state index contributed by atoms with van der Waals surface area (Å²) in [6.07, 6.45) is 1.40. The number of thioether (sulfide) groups is 1. The second-order valence-electron chi connectivity index (χ2n) is 6.08. The van der Waals surface area contributed by atoms with Crippen molar-refractivity contribution < 1.29 is 24.2 Å². The van der Waals surface area contributed by atoms with Gasteiger partial charge in [-0.2, -0.15) is 0 Å². The summed E-state index contributed by atoms with van der Waals surface area (Å²) in [6, 6.07) is 12.0. The van der Waals surface area contributed by atoms with Crippen molar-refractivity contribution in [3.63, 3.8) is 0 Å². The summed E-state index contributed by atoms with van der Waals surface area (Å²) in [7, 11) is 1.42. The zero-order valence-electron chi connectivity index (χ0n) is 15.3. The monoisotopic (exact) mass is 398 g/mol. The number of benzene rings is 2. The molecule has 1 aliphatic heterocycles. The highest BCUT2D eigenvalue weighted by Crippen LogP contribution is 2.36. The number of para-hydroxylation sites is 1. The maximum atomic E-state index is 12.5. The van der Waals surface area contributed by atoms with Gasteiger partial charge in [-0.1, -0.05) is 29.8 Å². The Morgan fingerprint density at radius 1 is 1.21 bits per heavy atom. The predicted molar refractivity (Wildman–Crippen MR) is 107 cm³/mol. The van der Waals surface area contributed by atoms with Gasteiger partial charge in [-0.25, -0.2) is 0 Å². The third kappa shape index (κ3) is 4.17. The Kier molecular flexibility index (Phi) is 5.70. The van der Waals surface area contributed by atoms with Gasteiger partial charge in [0.05, 0.1) is 12.0 Å². The number of aromatic hydroxyl groups is 1. The van der Waals surface area contributed by atoms with Crippen LogP contribution in [0.3, 0.4) is 0 Å². The summed E-state index contributed by atoms with van der Waals surface area (Å²) in [5.41, 5.74) is 1.98. The molecular weight excluding hydrogens is 380 g/mol. The van der Waals surface area contributed by atoms with Gasteiger partial charge in [0.15, 0.2) is 11.5 Å². The first-order valence-electron chi connectivity index (χ1n) is 8.37. The summed E-state index contributed by atoms with van der Waals surface area (Å²) in [5.74, 6) is -0.938. The van der Waals surface area contributed by atoms with Crippen molar-refractivity contribution in [2.45, 2.75) is 6.92 Å². The van der Waals surface area contributed by atoms with E-state index in [1.165, 1.54) is 13.2 Å². The second kappa shape index (κ2) is 8.18. The first-order valence-corrected chi connectivity index (χ1v) is 9.18. The number of imide groups is 1. The van der Waals surface area contributed by atoms with Crippen LogP contribution in [-0.2, 0) is 9.59 Å². The molecule has 7 nitrogen and oxygen atoms in total. The number of aryl methyl sites for hydroxylation is 1. The summed E-state index contributed by atoms with van der Waals surface area (Å²) >= 11 is 0.716. The average molecular weight is 398 g/mol. The van der Waals surface area contributed by atoms with E-state index >= 15 is 0 Å². The van der Waals surface area contributed by atoms with E-state index in [1.54, 1.807) is 30.3 Å². The quantitative estimate of drug-likeness (QED) is 0.750. The van der Waals surface area contributed by atoms with Crippen molar-refractivity contribution >= 4 is 40.6 Å². The molecular formula is C20H18N2O5S. The minimum atomic E-state index is -0.587. The molecule has 2 aromatic carbocycles. The lowest BCUT2D eigenvalue weighted by Crippen LogP contribution is -2.36. The Labute approximate surface area is 166 Å². The lowest BCUT2D eigenvalue weighted by atomic mass is 10.1. The van der Waals surface area contributed by atoms with Crippen LogP contribution in [0.1, 0.15) is 11.1 Å². The lowest BCUT2D eigenvalue weighted by molar-refractivity contribution is -0.127. The number of amides is 3. The van der Waals surface area contributed by atoms with E-state index in [0.717, 1.165) is 10.5 Å². The molecule has 2 N–H and O–H groups in total. The highest BCUT2D eigenvalue weighted by molar-refractivity contribution is 8.18. The number of rotatable bonds is 5. The SMILES string of the molecule is COc1cccc(/C=C2/SC(=O)N(CC(=O)Nc3ccc(C)cc3)C2=O)c1O. The topological polar surface area (TPSA) is 95.9 Å². The van der Waals surface area contributed by atoms with Crippen LogP contribution in [0.15, 0.2) is 47.4 Å². The van der Waals surface area contributed by atoms with Gasteiger partial charge in [0.1, 0.15) is 6.54 Å². The minimum Gasteiger partial charge on any atom is -0.504 e. The molecule has 144 valence electrons. The minimum absolute atomic E-state index is 0.122. The number of carbonyl (C=O) groups is 3. The van der Waals surface area contributed by atoms with Crippen molar-refractivity contribution in [2.24, 2.45) is 0 Å². The number of hydrogen-bond donors (Lipinski definition) is 2. The molecule has 1 fully saturated rings. The number of methoxy groups -OCH3 is 1. The summed E-state index contributed by atoms with van der Waals surface area (Å²) in [4.78, 5) is 37.9. The molecule has 3 rings (SSSR count). The summed E-state index contributed by atoms with van der Waals surface area (Å²) in [6.45, 7) is 1.54. The fourth-order valence-corrected chi connectivity index (χ4v) is 3.41. The van der Waals surface area contributed by atoms with Gasteiger partial charge in [0.25, 0.3) is 11.1 Å². The Morgan fingerprint density at radius 2 is 1.93 bits per heavy atom. The number of phenols is 1. The van der Waals surface area contributed by atoms with Crippen molar-refractivity contribution in [3.8, 4) is 11.5 Å². The number of phenolic OH excluding ortho intramolecular Hbond substituents is 1. The van der Waals surface area contributed by atoms with Crippen molar-refractivity contribution in [1.29, 1.82) is 0 Å². The summed E-state index contributed by atoms with van der Waals surface area (Å²) in [5, 5.41) is 12.3. The lowest BCUT2D eigenvalue weighted by Gasteiger charge is -2.12. The molecule has 1 heterocycles. The Bertz CT molecular complexity index is 969. The van der Waals surface area contributed by atoms with Gasteiger partial charge in [-0.05, 0) is 43.0 Å². The molecule has 2 aromatic rings. The molecule has 0 aromatic heterocycles. The molecule has 8 heteroatoms. The highest BCUT2D eigenvalue weighted by Gasteiger charge is 2.36. The maximum Gasteiger partial charge on any atom is 0.294 e. The highest BCUT2D eigenvalue weighted by atomic mass is 32.2. The van der Waals surface area contributed by atoms with Crippen molar-refractivity contribution in [2.75, 3.05) is 19.0 Å². The molecule has 0 bridgehead atoms. The number of carbonyl (C=O) groups excluding carboxylic acids is 3. The third-order valence-corrected chi connectivity index (χ3v) is 4.95. The van der Waals surface area contributed by atoms with E-state index in [-0.39, 0.29) is 22.9 Å². The second-order valence-corrected chi connectivity index (χ2v) is 7.07. The van der Waals surface area contributed by atoms with Gasteiger partial charge < -0.3 is 15.2 Å². The zero-order valence-corrected chi connectivity index (χ0v) is 16.1. The molecule has 0 aliphatic carbocycles. The van der Waals surface area contributed by atoms with E-state index in [2.05, 4.69) is 5.32 Å². The van der Waals surface area contributed by atoms with Crippen LogP contribution in [0.2, 0.25) is 0 Å². The fourth-order valence-electron chi connectivity index (χ4n) is 2.58. The van der Waals surface area contributed by atoms with Gasteiger partial charge in [0.2, 0.25) is 5.91 Å². The normalized spacial score (nSPS) is 15.2. The number of ether oxygens (including phenoxy) is 1. The van der Waals surface area contributed by atoms with Crippen LogP contribution in [0.25, 0.3) is 6.08 Å². The van der Waals surface area contributed by atoms with Crippen LogP contribution >= 0.6 is 11.8 Å². The van der Waals surface area contributed by atoms with Crippen LogP contribution in [0.4, 0.5) is 10.5 Å². The van der Waals surface area contributed by atoms with E-state index in [0.29, 0.717) is 23.0 Å². The standard InChI is InChI=1S/C20H18N2O5S/c1-12-6-8-14(9-7-12)21-17(23)11-22-19(25)16(28-20(22)26)10-13-4-3-5-15(27-2)18(13)24/h3-10,24H,11H2,1-2H3,(H,21,23)/b16-10+. The van der Waals surface area contributed by atoms with Crippen LogP contribution in [0.5, 0.6) is 11.5 Å². The molecule has 0 saturated carbocycles. The molecule has 1 saturated heterocycles. The van der Waals surface area contributed by atoms with E-state index < -0.39 is 17.1 Å². The summed E-state index contributed by atoms with van der Waals surface area (Å²) < 4.78 is 5.03. The van der Waals surface area contributed by atoms with Gasteiger partial charge >= 0.3 is 0 Å². The van der Waals surface area contributed by atoms with Crippen LogP contribution < -0.4 is 10.1 Å². The molecule has 0 spiro atoms. The largest absolute Gasteiger partial charge is 0.504 e. The Morgan fingerprint density at radius 3 is 2.61 bits per heavy atom. The Balaban J connectivity index is 1.73. The van der Waals surface area contributed by atoms with Crippen LogP contribution in [-0.4, -0.2) is 40.7 Å². The van der Waals surface area contributed by atoms with E-state index in [4.69, 9.17) is 4.74 Å². The zero-order chi connectivity index (χ0) is 20.3. The van der Waals surface area contributed by atoms with Crippen molar-refractivity contribution in [1.82, 2.24) is 4.90 Å². The molecule has 0 unspecified atom stereocenters. The van der Waals surface area contributed by atoms with Gasteiger partial charge in [-0.3, -0.25) is 19.3 Å². The number of nitrogens with one attached hydrogen (secondary N) is 1. The number of anilines is 1. The average Bonchev–Trinajstić information content (AvgIpc) is 2.93. The smallest absolute Gasteiger partial charge is 0.294 e. The molecule has 1 aliphatic rings. The number of nitrogens with zero attached hydrogens (tertiary/aromatic N) is 1. The molecule has 28 heavy (non-hydrogen) atoms. The molecule has 0 atom stereocenters. The van der Waals surface area contributed by atoms with Crippen molar-refractivity contribution in [3.05, 3.63) is 58.5 Å². The third-order valence-electron chi connectivity index (χ3n) is 4.05. The first kappa shape index (κ1) is 19.5. The predicted octanol–water partition coefficient (Wildman–Crippen LogP) is 3.38. The van der Waals surface area contributed by atoms with Gasteiger partial charge in [0, 0.05) is 11.3 Å². The van der Waals surface area contributed by atoms with E-state index in [9.17, 15) is 19.5 Å². The molecule has 0 radical (unpaired) electrons. The molecule has 3 amide bonds. The maximum absolute atomic E-state index is 12.5. The Hall–Kier alpha value is -3.26. The van der Waals surface area contributed by atoms with Crippen LogP contribution in [0, 0.1) is 6.92 Å². The number of hydrogen-bond acceptors (Lipinski definition) is 6. The first-order chi connectivity index (χ1) is 13.4. The van der Waals surface area contributed by atoms with E-state index in [1.807, 2.05) is 19.1 Å². The fraction of sp³-hybridized carbons (Fsp3) is 0.150. The van der Waals surface area contributed by atoms with Gasteiger partial charge in [-0.15, -0.1) is 0 Å².